The van der Waals surface area contributed by atoms with E-state index in [1.54, 1.807) is 25.3 Å². The highest BCUT2D eigenvalue weighted by Crippen LogP contribution is 2.12. The number of carbonyl (C=O) groups excluding carboxylic acids is 1. The van der Waals surface area contributed by atoms with Crippen LogP contribution in [-0.2, 0) is 24.3 Å². The molecule has 1 aromatic rings. The number of hydrogen-bond acceptors (Lipinski definition) is 5. The van der Waals surface area contributed by atoms with Crippen molar-refractivity contribution in [1.29, 1.82) is 0 Å². The van der Waals surface area contributed by atoms with Gasteiger partial charge >= 0.3 is 0 Å². The molecule has 0 heterocycles. The van der Waals surface area contributed by atoms with Gasteiger partial charge in [-0.15, -0.1) is 0 Å². The monoisotopic (exact) mass is 330 g/mol. The molecule has 0 spiro atoms. The smallest absolute Gasteiger partial charge is 0.243 e. The molecule has 0 aromatic heterocycles. The number of hydrogen-bond donors (Lipinski definition) is 1. The molecule has 0 radical (unpaired) electrons. The first-order chi connectivity index (χ1) is 10.5. The summed E-state index contributed by atoms with van der Waals surface area (Å²) in [4.78, 5) is 11.9. The van der Waals surface area contributed by atoms with E-state index in [4.69, 9.17) is 9.47 Å². The second-order valence-corrected chi connectivity index (χ2v) is 6.57. The molecule has 0 unspecified atom stereocenters. The second kappa shape index (κ2) is 9.52. The predicted molar refractivity (Wildman–Crippen MR) is 82.0 cm³/mol. The van der Waals surface area contributed by atoms with Crippen LogP contribution in [0.1, 0.15) is 0 Å². The van der Waals surface area contributed by atoms with Gasteiger partial charge in [-0.2, -0.15) is 4.31 Å². The van der Waals surface area contributed by atoms with Gasteiger partial charge in [-0.3, -0.25) is 4.79 Å². The summed E-state index contributed by atoms with van der Waals surface area (Å²) in [5, 5.41) is 2.60. The Labute approximate surface area is 131 Å². The molecule has 0 aliphatic heterocycles. The maximum atomic E-state index is 12.2. The van der Waals surface area contributed by atoms with Crippen LogP contribution in [0.15, 0.2) is 35.2 Å². The summed E-state index contributed by atoms with van der Waals surface area (Å²) in [6.07, 6.45) is 0. The van der Waals surface area contributed by atoms with Crippen LogP contribution in [0.4, 0.5) is 0 Å². The molecule has 1 N–H and O–H groups in total. The highest BCUT2D eigenvalue weighted by atomic mass is 32.2. The minimum atomic E-state index is -3.65. The molecule has 0 saturated heterocycles. The number of nitrogens with one attached hydrogen (secondary N) is 1. The molecular weight excluding hydrogens is 308 g/mol. The minimum Gasteiger partial charge on any atom is -0.382 e. The van der Waals surface area contributed by atoms with Crippen LogP contribution >= 0.6 is 0 Å². The van der Waals surface area contributed by atoms with E-state index in [0.717, 1.165) is 4.31 Å². The van der Waals surface area contributed by atoms with E-state index < -0.39 is 10.0 Å². The average molecular weight is 330 g/mol. The number of amides is 1. The van der Waals surface area contributed by atoms with Gasteiger partial charge < -0.3 is 14.8 Å². The maximum absolute atomic E-state index is 12.2. The fourth-order valence-electron chi connectivity index (χ4n) is 1.62. The van der Waals surface area contributed by atoms with Crippen LogP contribution in [0.25, 0.3) is 0 Å². The second-order valence-electron chi connectivity index (χ2n) is 4.53. The van der Waals surface area contributed by atoms with E-state index in [2.05, 4.69) is 5.32 Å². The van der Waals surface area contributed by atoms with E-state index in [1.165, 1.54) is 19.2 Å². The third-order valence-electron chi connectivity index (χ3n) is 2.82. The average Bonchev–Trinajstić information content (AvgIpc) is 2.51. The third kappa shape index (κ3) is 6.10. The molecule has 1 aromatic carbocycles. The Hall–Kier alpha value is -1.48. The van der Waals surface area contributed by atoms with Crippen molar-refractivity contribution < 1.29 is 22.7 Å². The first kappa shape index (κ1) is 18.6. The van der Waals surface area contributed by atoms with Crippen LogP contribution in [0, 0.1) is 0 Å². The van der Waals surface area contributed by atoms with E-state index >= 15 is 0 Å². The zero-order chi connectivity index (χ0) is 16.4. The number of sulfonamides is 1. The van der Waals surface area contributed by atoms with Gasteiger partial charge in [0, 0.05) is 20.7 Å². The molecule has 0 atom stereocenters. The Bertz CT molecular complexity index is 548. The molecule has 124 valence electrons. The lowest BCUT2D eigenvalue weighted by Gasteiger charge is -2.16. The highest BCUT2D eigenvalue weighted by molar-refractivity contribution is 7.89. The van der Waals surface area contributed by atoms with Gasteiger partial charge in [-0.25, -0.2) is 8.42 Å². The van der Waals surface area contributed by atoms with Crippen molar-refractivity contribution in [3.63, 3.8) is 0 Å². The van der Waals surface area contributed by atoms with Crippen molar-refractivity contribution in [1.82, 2.24) is 9.62 Å². The normalized spacial score (nSPS) is 11.6. The number of ether oxygens (including phenoxy) is 2. The van der Waals surface area contributed by atoms with E-state index in [-0.39, 0.29) is 17.3 Å². The molecule has 0 bridgehead atoms. The largest absolute Gasteiger partial charge is 0.382 e. The molecule has 0 saturated carbocycles. The van der Waals surface area contributed by atoms with Crippen molar-refractivity contribution in [2.24, 2.45) is 0 Å². The molecular formula is C14H22N2O5S. The first-order valence-corrected chi connectivity index (χ1v) is 8.27. The molecule has 7 nitrogen and oxygen atoms in total. The lowest BCUT2D eigenvalue weighted by Crippen LogP contribution is -2.39. The number of nitrogens with zero attached hydrogens (tertiary/aromatic N) is 1. The third-order valence-corrected chi connectivity index (χ3v) is 4.64. The van der Waals surface area contributed by atoms with E-state index in [0.29, 0.717) is 26.4 Å². The van der Waals surface area contributed by atoms with Gasteiger partial charge in [0.25, 0.3) is 0 Å². The minimum absolute atomic E-state index is 0.160. The SMILES string of the molecule is COCCOCCNC(=O)CN(C)S(=O)(=O)c1ccccc1. The fraction of sp³-hybridized carbons (Fsp3) is 0.500. The van der Waals surface area contributed by atoms with Crippen molar-refractivity contribution in [2.75, 3.05) is 47.1 Å². The van der Waals surface area contributed by atoms with Crippen LogP contribution in [0.2, 0.25) is 0 Å². The molecule has 0 aliphatic carbocycles. The Balaban J connectivity index is 2.38. The summed E-state index contributed by atoms with van der Waals surface area (Å²) in [7, 11) is -0.702. The van der Waals surface area contributed by atoms with Crippen LogP contribution < -0.4 is 5.32 Å². The molecule has 22 heavy (non-hydrogen) atoms. The Morgan fingerprint density at radius 1 is 1.18 bits per heavy atom. The van der Waals surface area contributed by atoms with E-state index in [9.17, 15) is 13.2 Å². The van der Waals surface area contributed by atoms with Gasteiger partial charge in [-0.05, 0) is 12.1 Å². The zero-order valence-corrected chi connectivity index (χ0v) is 13.6. The van der Waals surface area contributed by atoms with Crippen LogP contribution in [-0.4, -0.2) is 65.7 Å². The predicted octanol–water partition coefficient (Wildman–Crippen LogP) is 0.0863. The molecule has 1 amide bonds. The zero-order valence-electron chi connectivity index (χ0n) is 12.8. The summed E-state index contributed by atoms with van der Waals surface area (Å²) in [5.74, 6) is -0.377. The van der Waals surface area contributed by atoms with Crippen LogP contribution in [0.5, 0.6) is 0 Å². The Morgan fingerprint density at radius 2 is 1.86 bits per heavy atom. The van der Waals surface area contributed by atoms with Gasteiger partial charge in [0.15, 0.2) is 0 Å². The number of carbonyl (C=O) groups is 1. The van der Waals surface area contributed by atoms with Crippen molar-refractivity contribution in [3.05, 3.63) is 30.3 Å². The summed E-state index contributed by atoms with van der Waals surface area (Å²) >= 11 is 0. The number of benzene rings is 1. The fourth-order valence-corrected chi connectivity index (χ4v) is 2.77. The van der Waals surface area contributed by atoms with Crippen molar-refractivity contribution in [2.45, 2.75) is 4.90 Å². The highest BCUT2D eigenvalue weighted by Gasteiger charge is 2.22. The maximum Gasteiger partial charge on any atom is 0.243 e. The molecule has 8 heteroatoms. The topological polar surface area (TPSA) is 84.9 Å². The first-order valence-electron chi connectivity index (χ1n) is 6.83. The number of methoxy groups -OCH3 is 1. The van der Waals surface area contributed by atoms with Crippen molar-refractivity contribution in [3.8, 4) is 0 Å². The summed E-state index contributed by atoms with van der Waals surface area (Å²) in [6.45, 7) is 1.38. The van der Waals surface area contributed by atoms with Gasteiger partial charge in [-0.1, -0.05) is 18.2 Å². The molecule has 0 aliphatic rings. The standard InChI is InChI=1S/C14H22N2O5S/c1-16(22(18,19)13-6-4-3-5-7-13)12-14(17)15-8-9-21-11-10-20-2/h3-7H,8-12H2,1-2H3,(H,15,17). The summed E-state index contributed by atoms with van der Waals surface area (Å²) < 4.78 is 35.5. The lowest BCUT2D eigenvalue weighted by molar-refractivity contribution is -0.121. The summed E-state index contributed by atoms with van der Waals surface area (Å²) in [5.41, 5.74) is 0. The number of likely N-dealkylation sites (N-methyl/N-ethyl adjacent to an activating group) is 1. The summed E-state index contributed by atoms with van der Waals surface area (Å²) in [6, 6.07) is 7.99. The van der Waals surface area contributed by atoms with Gasteiger partial charge in [0.2, 0.25) is 15.9 Å². The van der Waals surface area contributed by atoms with E-state index in [1.807, 2.05) is 0 Å². The van der Waals surface area contributed by atoms with Gasteiger partial charge in [0.1, 0.15) is 0 Å². The lowest BCUT2D eigenvalue weighted by atomic mass is 10.4. The van der Waals surface area contributed by atoms with Crippen molar-refractivity contribution >= 4 is 15.9 Å². The number of rotatable bonds is 10. The molecule has 0 fully saturated rings. The Morgan fingerprint density at radius 3 is 2.50 bits per heavy atom. The molecule has 1 rings (SSSR count). The van der Waals surface area contributed by atoms with Crippen LogP contribution in [0.3, 0.4) is 0 Å². The van der Waals surface area contributed by atoms with Gasteiger partial charge in [0.05, 0.1) is 31.3 Å². The quantitative estimate of drug-likeness (QED) is 0.615. The Kier molecular flexibility index (Phi) is 8.03.